The van der Waals surface area contributed by atoms with E-state index in [0.717, 1.165) is 21.0 Å². The molecule has 1 aliphatic rings. The normalized spacial score (nSPS) is 15.0. The van der Waals surface area contributed by atoms with Crippen LogP contribution in [0.25, 0.3) is 6.08 Å². The van der Waals surface area contributed by atoms with Crippen LogP contribution in [0.3, 0.4) is 0 Å². The fourth-order valence-electron chi connectivity index (χ4n) is 3.51. The lowest BCUT2D eigenvalue weighted by Crippen LogP contribution is -2.54. The molecule has 4 rings (SSSR count). The topological polar surface area (TPSA) is 119 Å². The number of alkyl halides is 3. The minimum absolute atomic E-state index is 0.0524. The zero-order chi connectivity index (χ0) is 27.8. The number of hydrogen-bond donors (Lipinski definition) is 1. The lowest BCUT2D eigenvalue weighted by atomic mass is 10.1. The first-order valence-corrected chi connectivity index (χ1v) is 11.5. The Balaban J connectivity index is 1.59. The van der Waals surface area contributed by atoms with Gasteiger partial charge in [-0.1, -0.05) is 28.1 Å². The van der Waals surface area contributed by atoms with Crippen molar-refractivity contribution in [2.75, 3.05) is 4.90 Å². The van der Waals surface area contributed by atoms with Crippen LogP contribution in [-0.4, -0.2) is 22.8 Å². The average molecular weight is 590 g/mol. The molecule has 1 aliphatic heterocycles. The van der Waals surface area contributed by atoms with E-state index in [-0.39, 0.29) is 17.0 Å². The van der Waals surface area contributed by atoms with E-state index in [1.807, 2.05) is 0 Å². The third kappa shape index (κ3) is 5.42. The van der Waals surface area contributed by atoms with Crippen molar-refractivity contribution in [1.82, 2.24) is 5.32 Å². The number of imide groups is 2. The van der Waals surface area contributed by atoms with Gasteiger partial charge in [-0.3, -0.25) is 25.0 Å². The molecule has 4 amide bonds. The SMILES string of the molecule is Cc1cc(N2C(=O)NC(=O)/C(=C\c3ccc(Oc4ccc(C(F)(F)F)cc4[N+](=O)[O-])cc3)C2=O)ccc1Br. The molecule has 0 aliphatic carbocycles. The quantitative estimate of drug-likeness (QED) is 0.165. The maximum Gasteiger partial charge on any atom is 0.416 e. The van der Waals surface area contributed by atoms with Crippen LogP contribution in [0.15, 0.2) is 70.7 Å². The van der Waals surface area contributed by atoms with Crippen molar-refractivity contribution in [2.45, 2.75) is 13.1 Å². The van der Waals surface area contributed by atoms with Gasteiger partial charge in [-0.05, 0) is 66.6 Å². The third-order valence-electron chi connectivity index (χ3n) is 5.40. The van der Waals surface area contributed by atoms with Crippen molar-refractivity contribution >= 4 is 51.2 Å². The molecule has 0 spiro atoms. The smallest absolute Gasteiger partial charge is 0.416 e. The number of hydrogen-bond acceptors (Lipinski definition) is 6. The van der Waals surface area contributed by atoms with E-state index in [1.54, 1.807) is 19.1 Å². The molecule has 0 atom stereocenters. The highest BCUT2D eigenvalue weighted by atomic mass is 79.9. The van der Waals surface area contributed by atoms with Crippen LogP contribution in [-0.2, 0) is 15.8 Å². The summed E-state index contributed by atoms with van der Waals surface area (Å²) in [6, 6.07) is 11.3. The van der Waals surface area contributed by atoms with Crippen molar-refractivity contribution in [2.24, 2.45) is 0 Å². The lowest BCUT2D eigenvalue weighted by Gasteiger charge is -2.26. The summed E-state index contributed by atoms with van der Waals surface area (Å²) in [6.45, 7) is 1.77. The predicted octanol–water partition coefficient (Wildman–Crippen LogP) is 6.14. The standard InChI is InChI=1S/C25H15BrF3N3O6/c1-13-10-16(5-8-19(13)26)31-23(34)18(22(33)30-24(31)35)11-14-2-6-17(7-3-14)38-21-9-4-15(25(27,28)29)12-20(21)32(36)37/h2-12H,1H3,(H,30,33,35)/b18-11+. The summed E-state index contributed by atoms with van der Waals surface area (Å²) in [5.74, 6) is -2.10. The number of nitro benzene ring substituents is 1. The highest BCUT2D eigenvalue weighted by molar-refractivity contribution is 9.10. The summed E-state index contributed by atoms with van der Waals surface area (Å²) in [5, 5.41) is 13.4. The van der Waals surface area contributed by atoms with Crippen LogP contribution >= 0.6 is 15.9 Å². The number of benzene rings is 3. The second-order valence-corrected chi connectivity index (χ2v) is 8.85. The van der Waals surface area contributed by atoms with Gasteiger partial charge >= 0.3 is 17.9 Å². The van der Waals surface area contributed by atoms with Gasteiger partial charge in [-0.25, -0.2) is 9.69 Å². The lowest BCUT2D eigenvalue weighted by molar-refractivity contribution is -0.385. The maximum absolute atomic E-state index is 13.1. The van der Waals surface area contributed by atoms with Crippen molar-refractivity contribution in [3.63, 3.8) is 0 Å². The molecule has 0 unspecified atom stereocenters. The minimum Gasteiger partial charge on any atom is -0.450 e. The van der Waals surface area contributed by atoms with Gasteiger partial charge in [-0.2, -0.15) is 13.2 Å². The number of ether oxygens (including phenoxy) is 1. The maximum atomic E-state index is 13.1. The van der Waals surface area contributed by atoms with Crippen molar-refractivity contribution in [1.29, 1.82) is 0 Å². The van der Waals surface area contributed by atoms with Crippen molar-refractivity contribution in [3.05, 3.63) is 97.5 Å². The van der Waals surface area contributed by atoms with Crippen molar-refractivity contribution in [3.8, 4) is 11.5 Å². The molecule has 1 N–H and O–H groups in total. The Morgan fingerprint density at radius 2 is 1.71 bits per heavy atom. The largest absolute Gasteiger partial charge is 0.450 e. The summed E-state index contributed by atoms with van der Waals surface area (Å²) in [7, 11) is 0. The number of urea groups is 1. The summed E-state index contributed by atoms with van der Waals surface area (Å²) in [5.41, 5.74) is -1.03. The summed E-state index contributed by atoms with van der Waals surface area (Å²) >= 11 is 3.34. The molecule has 0 radical (unpaired) electrons. The Kier molecular flexibility index (Phi) is 7.05. The van der Waals surface area contributed by atoms with Gasteiger partial charge < -0.3 is 4.74 Å². The van der Waals surface area contributed by atoms with E-state index >= 15 is 0 Å². The number of amides is 4. The number of rotatable bonds is 5. The van der Waals surface area contributed by atoms with E-state index < -0.39 is 45.9 Å². The van der Waals surface area contributed by atoms with Crippen LogP contribution in [0.5, 0.6) is 11.5 Å². The predicted molar refractivity (Wildman–Crippen MR) is 132 cm³/mol. The first-order valence-electron chi connectivity index (χ1n) is 10.7. The molecule has 13 heteroatoms. The number of halogens is 4. The zero-order valence-corrected chi connectivity index (χ0v) is 20.8. The summed E-state index contributed by atoms with van der Waals surface area (Å²) < 4.78 is 44.9. The van der Waals surface area contributed by atoms with Crippen LogP contribution in [0.2, 0.25) is 0 Å². The Hall–Kier alpha value is -4.52. The molecule has 3 aromatic carbocycles. The number of nitro groups is 1. The molecule has 0 aromatic heterocycles. The zero-order valence-electron chi connectivity index (χ0n) is 19.2. The van der Waals surface area contributed by atoms with Gasteiger partial charge in [0, 0.05) is 10.5 Å². The number of nitrogens with zero attached hydrogens (tertiary/aromatic N) is 2. The van der Waals surface area contributed by atoms with Gasteiger partial charge in [0.15, 0.2) is 0 Å². The fourth-order valence-corrected chi connectivity index (χ4v) is 3.75. The van der Waals surface area contributed by atoms with E-state index in [1.165, 1.54) is 36.4 Å². The van der Waals surface area contributed by atoms with Crippen LogP contribution in [0.1, 0.15) is 16.7 Å². The molecule has 38 heavy (non-hydrogen) atoms. The first kappa shape index (κ1) is 26.5. The number of carbonyl (C=O) groups excluding carboxylic acids is 3. The average Bonchev–Trinajstić information content (AvgIpc) is 2.84. The first-order chi connectivity index (χ1) is 17.8. The Morgan fingerprint density at radius 1 is 1.03 bits per heavy atom. The van der Waals surface area contributed by atoms with Gasteiger partial charge in [-0.15, -0.1) is 0 Å². The highest BCUT2D eigenvalue weighted by Crippen LogP contribution is 2.38. The van der Waals surface area contributed by atoms with Crippen molar-refractivity contribution < 1.29 is 37.2 Å². The number of carbonyl (C=O) groups is 3. The molecule has 9 nitrogen and oxygen atoms in total. The van der Waals surface area contributed by atoms with Crippen LogP contribution in [0, 0.1) is 17.0 Å². The van der Waals surface area contributed by atoms with Gasteiger partial charge in [0.2, 0.25) is 5.75 Å². The molecule has 1 saturated heterocycles. The number of anilines is 1. The van der Waals surface area contributed by atoms with Crippen LogP contribution in [0.4, 0.5) is 29.3 Å². The molecular formula is C25H15BrF3N3O6. The number of aryl methyl sites for hydroxylation is 1. The van der Waals surface area contributed by atoms with E-state index in [9.17, 15) is 37.7 Å². The fraction of sp³-hybridized carbons (Fsp3) is 0.0800. The monoisotopic (exact) mass is 589 g/mol. The molecule has 3 aromatic rings. The minimum atomic E-state index is -4.77. The Morgan fingerprint density at radius 3 is 2.32 bits per heavy atom. The second kappa shape index (κ2) is 10.1. The third-order valence-corrected chi connectivity index (χ3v) is 6.29. The van der Waals surface area contributed by atoms with Gasteiger partial charge in [0.05, 0.1) is 16.2 Å². The Labute approximate surface area is 220 Å². The summed E-state index contributed by atoms with van der Waals surface area (Å²) in [6.07, 6.45) is -3.52. The molecule has 0 saturated carbocycles. The summed E-state index contributed by atoms with van der Waals surface area (Å²) in [4.78, 5) is 48.9. The number of barbiturate groups is 1. The van der Waals surface area contributed by atoms with Crippen LogP contribution < -0.4 is 15.0 Å². The Bertz CT molecular complexity index is 1520. The molecule has 194 valence electrons. The van der Waals surface area contributed by atoms with E-state index in [2.05, 4.69) is 21.2 Å². The van der Waals surface area contributed by atoms with Gasteiger partial charge in [0.25, 0.3) is 11.8 Å². The molecule has 0 bridgehead atoms. The number of nitrogens with one attached hydrogen (secondary N) is 1. The molecule has 1 fully saturated rings. The highest BCUT2D eigenvalue weighted by Gasteiger charge is 2.37. The molecule has 1 heterocycles. The second-order valence-electron chi connectivity index (χ2n) is 8.00. The van der Waals surface area contributed by atoms with E-state index in [4.69, 9.17) is 4.74 Å². The van der Waals surface area contributed by atoms with E-state index in [0.29, 0.717) is 17.7 Å². The molecular weight excluding hydrogens is 575 g/mol. The van der Waals surface area contributed by atoms with Gasteiger partial charge in [0.1, 0.15) is 11.3 Å².